The molecule has 1 fully saturated rings. The van der Waals surface area contributed by atoms with Crippen LogP contribution in [-0.2, 0) is 4.74 Å². The fraction of sp³-hybridized carbons (Fsp3) is 0.455. The largest absolute Gasteiger partial charge is 0.444 e. The zero-order valence-electron chi connectivity index (χ0n) is 19.2. The van der Waals surface area contributed by atoms with Crippen molar-refractivity contribution in [3.05, 3.63) is 30.7 Å². The summed E-state index contributed by atoms with van der Waals surface area (Å²) in [5, 5.41) is 7.98. The van der Waals surface area contributed by atoms with Gasteiger partial charge in [0.05, 0.1) is 22.8 Å². The number of hydrogen-bond donors (Lipinski definition) is 3. The Bertz CT molecular complexity index is 1080. The molecule has 0 aromatic carbocycles. The van der Waals surface area contributed by atoms with E-state index >= 15 is 0 Å². The fourth-order valence-corrected chi connectivity index (χ4v) is 3.79. The first-order chi connectivity index (χ1) is 15.2. The number of carbonyl (C=O) groups is 1. The molecule has 1 atom stereocenters. The van der Waals surface area contributed by atoms with Crippen molar-refractivity contribution < 1.29 is 14.6 Å². The number of hydrogen-bond acceptors (Lipinski definition) is 8. The number of carbonyl (C=O) groups excluding carboxylic acids is 1. The second-order valence-corrected chi connectivity index (χ2v) is 8.54. The summed E-state index contributed by atoms with van der Waals surface area (Å²) >= 11 is 0. The third-order valence-electron chi connectivity index (χ3n) is 5.23. The predicted molar refractivity (Wildman–Crippen MR) is 124 cm³/mol. The number of pyridine rings is 1. The molecule has 1 saturated heterocycles. The number of rotatable bonds is 3. The monoisotopic (exact) mass is 441 g/mol. The molecule has 3 aromatic heterocycles. The molecule has 0 bridgehead atoms. The highest BCUT2D eigenvalue weighted by Gasteiger charge is 2.32. The Balaban J connectivity index is 0.00000141. The number of nitrogens with one attached hydrogen (secondary N) is 1. The number of aromatic amines is 1. The lowest BCUT2D eigenvalue weighted by Gasteiger charge is -2.29. The van der Waals surface area contributed by atoms with Gasteiger partial charge in [-0.15, -0.1) is 0 Å². The van der Waals surface area contributed by atoms with Crippen LogP contribution in [-0.4, -0.2) is 74.9 Å². The van der Waals surface area contributed by atoms with E-state index in [-0.39, 0.29) is 18.1 Å². The maximum atomic E-state index is 12.5. The molecule has 3 aromatic rings. The highest BCUT2D eigenvalue weighted by Crippen LogP contribution is 2.36. The minimum absolute atomic E-state index is 0.0696. The number of aliphatic hydroxyl groups excluding tert-OH is 1. The number of fused-ring (bicyclic) bond motifs is 1. The van der Waals surface area contributed by atoms with Crippen molar-refractivity contribution in [2.45, 2.75) is 38.8 Å². The number of nitrogens with two attached hydrogens (primary N) is 1. The number of likely N-dealkylation sites (N-methyl/N-ethyl adjacent to an activating group) is 1. The number of aliphatic hydroxyl groups is 1. The van der Waals surface area contributed by atoms with Gasteiger partial charge in [0.1, 0.15) is 11.2 Å². The minimum Gasteiger partial charge on any atom is -0.444 e. The lowest BCUT2D eigenvalue weighted by atomic mass is 10.1. The van der Waals surface area contributed by atoms with Gasteiger partial charge in [-0.3, -0.25) is 0 Å². The molecule has 1 aliphatic heterocycles. The molecule has 0 spiro atoms. The Labute approximate surface area is 187 Å². The highest BCUT2D eigenvalue weighted by atomic mass is 16.6. The number of anilines is 2. The van der Waals surface area contributed by atoms with E-state index in [0.29, 0.717) is 6.54 Å². The van der Waals surface area contributed by atoms with Crippen LogP contribution in [0.5, 0.6) is 0 Å². The average molecular weight is 442 g/mol. The number of H-pyrrole nitrogens is 1. The molecule has 0 radical (unpaired) electrons. The van der Waals surface area contributed by atoms with Crippen LogP contribution >= 0.6 is 0 Å². The number of nitrogen functional groups attached to an aromatic ring is 1. The van der Waals surface area contributed by atoms with E-state index < -0.39 is 5.60 Å². The van der Waals surface area contributed by atoms with Crippen LogP contribution in [0, 0.1) is 0 Å². The van der Waals surface area contributed by atoms with Gasteiger partial charge in [0.25, 0.3) is 0 Å². The summed E-state index contributed by atoms with van der Waals surface area (Å²) in [6.45, 7) is 7.17. The first kappa shape index (κ1) is 23.3. The Morgan fingerprint density at radius 2 is 2.00 bits per heavy atom. The Morgan fingerprint density at radius 3 is 2.69 bits per heavy atom. The van der Waals surface area contributed by atoms with Crippen LogP contribution in [0.3, 0.4) is 0 Å². The molecule has 4 N–H and O–H groups in total. The van der Waals surface area contributed by atoms with Gasteiger partial charge in [-0.05, 0) is 39.3 Å². The second kappa shape index (κ2) is 9.39. The van der Waals surface area contributed by atoms with Gasteiger partial charge in [0.15, 0.2) is 0 Å². The van der Waals surface area contributed by atoms with Crippen molar-refractivity contribution in [3.63, 3.8) is 0 Å². The van der Waals surface area contributed by atoms with Crippen LogP contribution in [0.1, 0.15) is 27.2 Å². The topological polar surface area (TPSA) is 133 Å². The van der Waals surface area contributed by atoms with E-state index in [1.165, 1.54) is 0 Å². The van der Waals surface area contributed by atoms with Gasteiger partial charge < -0.3 is 30.4 Å². The molecule has 0 aliphatic carbocycles. The van der Waals surface area contributed by atoms with Gasteiger partial charge in [0.2, 0.25) is 5.95 Å². The smallest absolute Gasteiger partial charge is 0.410 e. The molecule has 1 amide bonds. The zero-order valence-corrected chi connectivity index (χ0v) is 19.2. The molecule has 4 rings (SSSR count). The van der Waals surface area contributed by atoms with Gasteiger partial charge in [0, 0.05) is 51.4 Å². The number of amides is 1. The van der Waals surface area contributed by atoms with E-state index in [9.17, 15) is 4.79 Å². The molecule has 172 valence electrons. The molecule has 10 heteroatoms. The second-order valence-electron chi connectivity index (χ2n) is 8.54. The maximum absolute atomic E-state index is 12.5. The molecular weight excluding hydrogens is 410 g/mol. The van der Waals surface area contributed by atoms with Gasteiger partial charge in [-0.25, -0.2) is 19.7 Å². The summed E-state index contributed by atoms with van der Waals surface area (Å²) in [7, 11) is 2.80. The lowest BCUT2D eigenvalue weighted by molar-refractivity contribution is 0.0238. The van der Waals surface area contributed by atoms with Crippen molar-refractivity contribution in [2.24, 2.45) is 0 Å². The lowest BCUT2D eigenvalue weighted by Crippen LogP contribution is -2.42. The summed E-state index contributed by atoms with van der Waals surface area (Å²) in [6.07, 6.45) is 5.89. The van der Waals surface area contributed by atoms with Crippen LogP contribution in [0.15, 0.2) is 30.7 Å². The van der Waals surface area contributed by atoms with Crippen molar-refractivity contribution >= 4 is 28.8 Å². The molecule has 4 heterocycles. The van der Waals surface area contributed by atoms with Crippen molar-refractivity contribution in [3.8, 4) is 11.3 Å². The average Bonchev–Trinajstić information content (AvgIpc) is 3.41. The Hall–Kier alpha value is -3.40. The normalized spacial score (nSPS) is 15.9. The summed E-state index contributed by atoms with van der Waals surface area (Å²) in [6, 6.07) is 3.90. The molecule has 32 heavy (non-hydrogen) atoms. The van der Waals surface area contributed by atoms with Crippen LogP contribution in [0.4, 0.5) is 16.4 Å². The van der Waals surface area contributed by atoms with E-state index in [1.807, 2.05) is 39.1 Å². The SMILES string of the molecule is CN(C(=O)OC(C)(C)C)C1CCN(c2ccnc3[nH]cc(-c4ccnc(N)n4)c23)C1.CO. The summed E-state index contributed by atoms with van der Waals surface area (Å²) in [4.78, 5) is 32.5. The van der Waals surface area contributed by atoms with Crippen molar-refractivity contribution in [2.75, 3.05) is 37.9 Å². The number of ether oxygens (including phenoxy) is 1. The van der Waals surface area contributed by atoms with Gasteiger partial charge >= 0.3 is 6.09 Å². The van der Waals surface area contributed by atoms with Crippen molar-refractivity contribution in [1.29, 1.82) is 0 Å². The number of nitrogens with zero attached hydrogens (tertiary/aromatic N) is 5. The molecule has 0 saturated carbocycles. The van der Waals surface area contributed by atoms with Crippen LogP contribution < -0.4 is 10.6 Å². The Morgan fingerprint density at radius 1 is 1.28 bits per heavy atom. The van der Waals surface area contributed by atoms with E-state index in [0.717, 1.165) is 48.1 Å². The Kier molecular flexibility index (Phi) is 6.83. The van der Waals surface area contributed by atoms with E-state index in [1.54, 1.807) is 24.3 Å². The standard InChI is InChI=1S/C21H27N7O2.CH4O/c1-21(2,3)30-20(29)27(4)13-7-10-28(12-13)16-6-9-23-18-17(16)14(11-25-18)15-5-8-24-19(22)26-15;1-2/h5-6,8-9,11,13H,7,10,12H2,1-4H3,(H,23,25)(H2,22,24,26);2H,1H3. The summed E-state index contributed by atoms with van der Waals surface area (Å²) < 4.78 is 5.53. The minimum atomic E-state index is -0.514. The number of aromatic nitrogens is 4. The van der Waals surface area contributed by atoms with Gasteiger partial charge in [-0.1, -0.05) is 0 Å². The van der Waals surface area contributed by atoms with Crippen LogP contribution in [0.2, 0.25) is 0 Å². The molecular formula is C22H31N7O3. The highest BCUT2D eigenvalue weighted by molar-refractivity contribution is 6.02. The molecule has 1 aliphatic rings. The van der Waals surface area contributed by atoms with E-state index in [2.05, 4.69) is 24.8 Å². The summed E-state index contributed by atoms with van der Waals surface area (Å²) in [5.41, 5.74) is 8.76. The first-order valence-electron chi connectivity index (χ1n) is 10.4. The summed E-state index contributed by atoms with van der Waals surface area (Å²) in [5.74, 6) is 0.229. The fourth-order valence-electron chi connectivity index (χ4n) is 3.79. The first-order valence-corrected chi connectivity index (χ1v) is 10.4. The molecule has 10 nitrogen and oxygen atoms in total. The third kappa shape index (κ3) is 4.91. The third-order valence-corrected chi connectivity index (χ3v) is 5.23. The zero-order chi connectivity index (χ0) is 23.5. The van der Waals surface area contributed by atoms with E-state index in [4.69, 9.17) is 15.6 Å². The quantitative estimate of drug-likeness (QED) is 0.565. The maximum Gasteiger partial charge on any atom is 0.410 e. The van der Waals surface area contributed by atoms with Crippen molar-refractivity contribution in [1.82, 2.24) is 24.8 Å². The molecule has 1 unspecified atom stereocenters. The predicted octanol–water partition coefficient (Wildman–Crippen LogP) is 2.66. The van der Waals surface area contributed by atoms with Gasteiger partial charge in [-0.2, -0.15) is 0 Å². The van der Waals surface area contributed by atoms with Crippen LogP contribution in [0.25, 0.3) is 22.3 Å².